The van der Waals surface area contributed by atoms with Gasteiger partial charge in [0.25, 0.3) is 0 Å². The number of furan rings is 1. The number of hydrogen-bond acceptors (Lipinski definition) is 2. The minimum atomic E-state index is 0.916. The first-order valence-electron chi connectivity index (χ1n) is 12.3. The van der Waals surface area contributed by atoms with E-state index in [1.54, 1.807) is 0 Å². The van der Waals surface area contributed by atoms with Crippen molar-refractivity contribution in [3.05, 3.63) is 121 Å². The molecule has 36 heavy (non-hydrogen) atoms. The second-order valence-corrected chi connectivity index (χ2v) is 9.49. The zero-order valence-corrected chi connectivity index (χ0v) is 19.5. The maximum atomic E-state index is 6.12. The van der Waals surface area contributed by atoms with E-state index in [0.717, 1.165) is 44.4 Å². The lowest BCUT2D eigenvalue weighted by molar-refractivity contribution is 0.669. The van der Waals surface area contributed by atoms with Crippen LogP contribution in [0.5, 0.6) is 0 Å². The first-order valence-corrected chi connectivity index (χ1v) is 12.3. The van der Waals surface area contributed by atoms with Gasteiger partial charge in [-0.05, 0) is 86.6 Å². The summed E-state index contributed by atoms with van der Waals surface area (Å²) < 4.78 is 6.12. The van der Waals surface area contributed by atoms with Crippen LogP contribution in [0, 0.1) is 0 Å². The standard InChI is InChI=1S/C34H21NO/c1-2-11-27-26(10-1)30-13-6-8-23-18-25(20-31(27)34(23)30)35-24-9-5-7-21(17-24)22-15-16-29-28-12-3-4-14-32(28)36-33(29)19-22/h1-20,35H. The number of anilines is 2. The van der Waals surface area contributed by atoms with Gasteiger partial charge in [0, 0.05) is 22.1 Å². The van der Waals surface area contributed by atoms with E-state index in [4.69, 9.17) is 4.42 Å². The Morgan fingerprint density at radius 3 is 2.14 bits per heavy atom. The summed E-state index contributed by atoms with van der Waals surface area (Å²) in [4.78, 5) is 0. The molecule has 0 spiro atoms. The molecule has 0 saturated carbocycles. The van der Waals surface area contributed by atoms with Crippen LogP contribution in [0.4, 0.5) is 11.4 Å². The molecule has 0 aliphatic heterocycles. The summed E-state index contributed by atoms with van der Waals surface area (Å²) in [6, 6.07) is 43.1. The van der Waals surface area contributed by atoms with Gasteiger partial charge in [-0.1, -0.05) is 78.9 Å². The van der Waals surface area contributed by atoms with Gasteiger partial charge >= 0.3 is 0 Å². The third kappa shape index (κ3) is 2.85. The van der Waals surface area contributed by atoms with Crippen LogP contribution >= 0.6 is 0 Å². The quantitative estimate of drug-likeness (QED) is 0.284. The zero-order chi connectivity index (χ0) is 23.6. The number of fused-ring (bicyclic) bond motifs is 6. The molecule has 1 aliphatic rings. The monoisotopic (exact) mass is 459 g/mol. The number of hydrogen-bond donors (Lipinski definition) is 1. The molecule has 0 radical (unpaired) electrons. The largest absolute Gasteiger partial charge is 0.456 e. The molecule has 0 bridgehead atoms. The molecule has 0 saturated heterocycles. The van der Waals surface area contributed by atoms with Crippen molar-refractivity contribution < 1.29 is 4.42 Å². The Morgan fingerprint density at radius 2 is 1.19 bits per heavy atom. The molecule has 0 fully saturated rings. The van der Waals surface area contributed by atoms with Crippen molar-refractivity contribution in [2.24, 2.45) is 0 Å². The summed E-state index contributed by atoms with van der Waals surface area (Å²) in [6.07, 6.45) is 0. The number of para-hydroxylation sites is 1. The molecule has 1 N–H and O–H groups in total. The smallest absolute Gasteiger partial charge is 0.136 e. The number of nitrogens with one attached hydrogen (secondary N) is 1. The SMILES string of the molecule is c1cc(Nc2cc3c4c(cccc4c2)-c2ccccc2-3)cc(-c2ccc3c(c2)oc2ccccc23)c1. The molecule has 0 unspecified atom stereocenters. The van der Waals surface area contributed by atoms with Crippen LogP contribution in [-0.4, -0.2) is 0 Å². The maximum Gasteiger partial charge on any atom is 0.136 e. The van der Waals surface area contributed by atoms with E-state index in [9.17, 15) is 0 Å². The Bertz CT molecular complexity index is 1980. The van der Waals surface area contributed by atoms with Crippen LogP contribution in [0.25, 0.3) is 66.1 Å². The van der Waals surface area contributed by atoms with Crippen molar-refractivity contribution in [2.75, 3.05) is 5.32 Å². The van der Waals surface area contributed by atoms with Gasteiger partial charge in [-0.3, -0.25) is 0 Å². The average Bonchev–Trinajstić information content (AvgIpc) is 3.45. The Morgan fingerprint density at radius 1 is 0.444 bits per heavy atom. The topological polar surface area (TPSA) is 25.2 Å². The summed E-state index contributed by atoms with van der Waals surface area (Å²) in [7, 11) is 0. The number of benzene rings is 6. The summed E-state index contributed by atoms with van der Waals surface area (Å²) in [5.74, 6) is 0. The summed E-state index contributed by atoms with van der Waals surface area (Å²) >= 11 is 0. The van der Waals surface area contributed by atoms with Crippen molar-refractivity contribution in [1.29, 1.82) is 0 Å². The molecule has 0 atom stereocenters. The van der Waals surface area contributed by atoms with Crippen molar-refractivity contribution >= 4 is 44.1 Å². The second kappa shape index (κ2) is 7.34. The fourth-order valence-corrected chi connectivity index (χ4v) is 5.74. The molecule has 2 heteroatoms. The minimum Gasteiger partial charge on any atom is -0.456 e. The Labute approximate surface area is 208 Å². The minimum absolute atomic E-state index is 0.916. The van der Waals surface area contributed by atoms with Gasteiger partial charge < -0.3 is 9.73 Å². The molecular formula is C34H21NO. The van der Waals surface area contributed by atoms with E-state index < -0.39 is 0 Å². The van der Waals surface area contributed by atoms with Gasteiger partial charge in [0.2, 0.25) is 0 Å². The predicted molar refractivity (Wildman–Crippen MR) is 151 cm³/mol. The highest BCUT2D eigenvalue weighted by atomic mass is 16.3. The third-order valence-corrected chi connectivity index (χ3v) is 7.35. The zero-order valence-electron chi connectivity index (χ0n) is 19.5. The van der Waals surface area contributed by atoms with Crippen molar-refractivity contribution in [3.63, 3.8) is 0 Å². The molecule has 7 aromatic rings. The molecule has 168 valence electrons. The number of rotatable bonds is 3. The van der Waals surface area contributed by atoms with Gasteiger partial charge in [-0.25, -0.2) is 0 Å². The lowest BCUT2D eigenvalue weighted by atomic mass is 10.0. The molecule has 8 rings (SSSR count). The molecule has 1 aromatic heterocycles. The molecule has 1 aliphatic carbocycles. The van der Waals surface area contributed by atoms with Gasteiger partial charge in [0.15, 0.2) is 0 Å². The highest BCUT2D eigenvalue weighted by Gasteiger charge is 2.21. The van der Waals surface area contributed by atoms with Gasteiger partial charge in [-0.2, -0.15) is 0 Å². The van der Waals surface area contributed by atoms with Crippen molar-refractivity contribution in [3.8, 4) is 33.4 Å². The lowest BCUT2D eigenvalue weighted by Gasteiger charge is -2.12. The van der Waals surface area contributed by atoms with Gasteiger partial charge in [0.05, 0.1) is 0 Å². The van der Waals surface area contributed by atoms with Crippen LogP contribution < -0.4 is 5.32 Å². The van der Waals surface area contributed by atoms with Crippen LogP contribution in [-0.2, 0) is 0 Å². The van der Waals surface area contributed by atoms with E-state index in [-0.39, 0.29) is 0 Å². The van der Waals surface area contributed by atoms with Crippen LogP contribution in [0.15, 0.2) is 126 Å². The van der Waals surface area contributed by atoms with E-state index in [2.05, 4.69) is 115 Å². The molecule has 2 nitrogen and oxygen atoms in total. The summed E-state index contributed by atoms with van der Waals surface area (Å²) in [5.41, 5.74) is 11.5. The van der Waals surface area contributed by atoms with Crippen LogP contribution in [0.1, 0.15) is 0 Å². The van der Waals surface area contributed by atoms with E-state index >= 15 is 0 Å². The fraction of sp³-hybridized carbons (Fsp3) is 0. The maximum absolute atomic E-state index is 6.12. The van der Waals surface area contributed by atoms with Gasteiger partial charge in [0.1, 0.15) is 11.2 Å². The van der Waals surface area contributed by atoms with E-state index in [0.29, 0.717) is 0 Å². The van der Waals surface area contributed by atoms with E-state index in [1.807, 2.05) is 12.1 Å². The average molecular weight is 460 g/mol. The fourth-order valence-electron chi connectivity index (χ4n) is 5.74. The summed E-state index contributed by atoms with van der Waals surface area (Å²) in [6.45, 7) is 0. The normalized spacial score (nSPS) is 11.9. The highest BCUT2D eigenvalue weighted by molar-refractivity contribution is 6.16. The third-order valence-electron chi connectivity index (χ3n) is 7.35. The predicted octanol–water partition coefficient (Wildman–Crippen LogP) is 9.80. The van der Waals surface area contributed by atoms with Crippen molar-refractivity contribution in [1.82, 2.24) is 0 Å². The Kier molecular flexibility index (Phi) is 3.97. The first kappa shape index (κ1) is 19.5. The molecule has 0 amide bonds. The Hall–Kier alpha value is -4.82. The van der Waals surface area contributed by atoms with Crippen molar-refractivity contribution in [2.45, 2.75) is 0 Å². The van der Waals surface area contributed by atoms with Crippen LogP contribution in [0.2, 0.25) is 0 Å². The van der Waals surface area contributed by atoms with Gasteiger partial charge in [-0.15, -0.1) is 0 Å². The first-order chi connectivity index (χ1) is 17.8. The highest BCUT2D eigenvalue weighted by Crippen LogP contribution is 2.48. The lowest BCUT2D eigenvalue weighted by Crippen LogP contribution is -1.92. The second-order valence-electron chi connectivity index (χ2n) is 9.49. The van der Waals surface area contributed by atoms with Crippen LogP contribution in [0.3, 0.4) is 0 Å². The van der Waals surface area contributed by atoms with E-state index in [1.165, 1.54) is 33.0 Å². The molecular weight excluding hydrogens is 438 g/mol. The molecule has 6 aromatic carbocycles. The Balaban J connectivity index is 1.19. The molecule has 1 heterocycles. The summed E-state index contributed by atoms with van der Waals surface area (Å²) in [5, 5.41) is 8.58.